The minimum atomic E-state index is -0.615. The third kappa shape index (κ3) is 2.50. The van der Waals surface area contributed by atoms with Crippen molar-refractivity contribution < 1.29 is 9.84 Å². The molecule has 0 aliphatic heterocycles. The van der Waals surface area contributed by atoms with E-state index in [1.54, 1.807) is 43.3 Å². The highest BCUT2D eigenvalue weighted by atomic mass is 16.5. The summed E-state index contributed by atoms with van der Waals surface area (Å²) in [6, 6.07) is 16.3. The topological polar surface area (TPSA) is 53.2 Å². The second-order valence-corrected chi connectivity index (χ2v) is 3.92. The average Bonchev–Trinajstić information content (AvgIpc) is 2.40. The zero-order valence-corrected chi connectivity index (χ0v) is 10.00. The van der Waals surface area contributed by atoms with Crippen LogP contribution in [0.4, 0.5) is 0 Å². The molecule has 3 nitrogen and oxygen atoms in total. The quantitative estimate of drug-likeness (QED) is 0.893. The van der Waals surface area contributed by atoms with Crippen LogP contribution >= 0.6 is 0 Å². The van der Waals surface area contributed by atoms with Crippen LogP contribution in [0.5, 0.6) is 11.5 Å². The summed E-state index contributed by atoms with van der Waals surface area (Å²) in [5.41, 5.74) is 1.17. The van der Waals surface area contributed by atoms with Crippen LogP contribution in [0, 0.1) is 11.3 Å². The molecule has 0 fully saturated rings. The van der Waals surface area contributed by atoms with Gasteiger partial charge in [-0.05, 0) is 25.1 Å². The number of aliphatic hydroxyl groups is 1. The molecule has 90 valence electrons. The summed E-state index contributed by atoms with van der Waals surface area (Å²) in [7, 11) is 0. The number of benzene rings is 2. The first-order valence-corrected chi connectivity index (χ1v) is 5.66. The van der Waals surface area contributed by atoms with Gasteiger partial charge in [-0.15, -0.1) is 0 Å². The van der Waals surface area contributed by atoms with E-state index in [0.717, 1.165) is 0 Å². The molecule has 2 aromatic carbocycles. The smallest absolute Gasteiger partial charge is 0.145 e. The molecule has 3 heteroatoms. The highest BCUT2D eigenvalue weighted by molar-refractivity contribution is 5.46. The first-order chi connectivity index (χ1) is 8.72. The molecule has 0 aliphatic rings. The van der Waals surface area contributed by atoms with Gasteiger partial charge in [0.1, 0.15) is 17.6 Å². The molecule has 0 amide bonds. The van der Waals surface area contributed by atoms with Crippen LogP contribution in [0.3, 0.4) is 0 Å². The van der Waals surface area contributed by atoms with Crippen LogP contribution in [0.2, 0.25) is 0 Å². The van der Waals surface area contributed by atoms with Gasteiger partial charge in [-0.25, -0.2) is 0 Å². The van der Waals surface area contributed by atoms with Crippen molar-refractivity contribution in [1.82, 2.24) is 0 Å². The lowest BCUT2D eigenvalue weighted by Gasteiger charge is -2.13. The molecule has 0 saturated carbocycles. The molecule has 0 aliphatic carbocycles. The molecule has 0 saturated heterocycles. The average molecular weight is 239 g/mol. The summed E-state index contributed by atoms with van der Waals surface area (Å²) in [5.74, 6) is 1.06. The highest BCUT2D eigenvalue weighted by Gasteiger charge is 2.10. The number of hydrogen-bond donors (Lipinski definition) is 1. The Labute approximate surface area is 106 Å². The largest absolute Gasteiger partial charge is 0.456 e. The van der Waals surface area contributed by atoms with Gasteiger partial charge in [0, 0.05) is 5.56 Å². The Morgan fingerprint density at radius 2 is 1.67 bits per heavy atom. The van der Waals surface area contributed by atoms with Crippen molar-refractivity contribution in [3.8, 4) is 17.6 Å². The Bertz CT molecular complexity index is 585. The minimum absolute atomic E-state index is 0.470. The van der Waals surface area contributed by atoms with Gasteiger partial charge >= 0.3 is 0 Å². The Morgan fingerprint density at radius 1 is 1.06 bits per heavy atom. The van der Waals surface area contributed by atoms with Crippen molar-refractivity contribution in [2.75, 3.05) is 0 Å². The molecule has 0 spiro atoms. The van der Waals surface area contributed by atoms with E-state index in [1.165, 1.54) is 0 Å². The number of ether oxygens (including phenoxy) is 1. The van der Waals surface area contributed by atoms with E-state index in [2.05, 4.69) is 6.07 Å². The number of aliphatic hydroxyl groups excluding tert-OH is 1. The third-order valence-corrected chi connectivity index (χ3v) is 2.60. The zero-order valence-electron chi connectivity index (χ0n) is 10.00. The van der Waals surface area contributed by atoms with Crippen molar-refractivity contribution in [3.63, 3.8) is 0 Å². The summed E-state index contributed by atoms with van der Waals surface area (Å²) in [5, 5.41) is 18.7. The van der Waals surface area contributed by atoms with Gasteiger partial charge in [0.25, 0.3) is 0 Å². The lowest BCUT2D eigenvalue weighted by molar-refractivity contribution is 0.195. The fourth-order valence-corrected chi connectivity index (χ4v) is 1.69. The molecule has 0 radical (unpaired) electrons. The van der Waals surface area contributed by atoms with E-state index in [0.29, 0.717) is 22.6 Å². The van der Waals surface area contributed by atoms with Crippen LogP contribution < -0.4 is 4.74 Å². The second kappa shape index (κ2) is 5.35. The number of hydrogen-bond acceptors (Lipinski definition) is 3. The monoisotopic (exact) mass is 239 g/mol. The van der Waals surface area contributed by atoms with Crippen molar-refractivity contribution in [1.29, 1.82) is 5.26 Å². The van der Waals surface area contributed by atoms with Crippen LogP contribution in [0.1, 0.15) is 24.2 Å². The van der Waals surface area contributed by atoms with Gasteiger partial charge in [0.15, 0.2) is 0 Å². The summed E-state index contributed by atoms with van der Waals surface area (Å²) in [4.78, 5) is 0. The maximum atomic E-state index is 9.66. The molecule has 2 aromatic rings. The maximum Gasteiger partial charge on any atom is 0.145 e. The van der Waals surface area contributed by atoms with Gasteiger partial charge in [-0.2, -0.15) is 5.26 Å². The van der Waals surface area contributed by atoms with Crippen molar-refractivity contribution in [2.45, 2.75) is 13.0 Å². The first kappa shape index (κ1) is 12.2. The molecular formula is C15H13NO2. The summed E-state index contributed by atoms with van der Waals surface area (Å²) < 4.78 is 5.71. The molecule has 0 bridgehead atoms. The Kier molecular flexibility index (Phi) is 3.61. The van der Waals surface area contributed by atoms with Crippen molar-refractivity contribution >= 4 is 0 Å². The molecule has 1 unspecified atom stereocenters. The van der Waals surface area contributed by atoms with E-state index >= 15 is 0 Å². The van der Waals surface area contributed by atoms with E-state index < -0.39 is 6.10 Å². The van der Waals surface area contributed by atoms with Gasteiger partial charge < -0.3 is 9.84 Å². The number of nitrogens with zero attached hydrogens (tertiary/aromatic N) is 1. The molecular weight excluding hydrogens is 226 g/mol. The number of para-hydroxylation sites is 2. The summed E-state index contributed by atoms with van der Waals surface area (Å²) >= 11 is 0. The van der Waals surface area contributed by atoms with E-state index in [9.17, 15) is 5.11 Å². The van der Waals surface area contributed by atoms with Crippen LogP contribution in [0.25, 0.3) is 0 Å². The van der Waals surface area contributed by atoms with Gasteiger partial charge in [-0.1, -0.05) is 30.3 Å². The summed E-state index contributed by atoms with van der Waals surface area (Å²) in [6.07, 6.45) is -0.615. The third-order valence-electron chi connectivity index (χ3n) is 2.60. The molecule has 2 rings (SSSR count). The SMILES string of the molecule is CC(O)c1ccccc1Oc1ccccc1C#N. The van der Waals surface area contributed by atoms with Crippen LogP contribution in [-0.4, -0.2) is 5.11 Å². The van der Waals surface area contributed by atoms with Crippen LogP contribution in [-0.2, 0) is 0 Å². The summed E-state index contributed by atoms with van der Waals surface area (Å²) in [6.45, 7) is 1.68. The fraction of sp³-hybridized carbons (Fsp3) is 0.133. The second-order valence-electron chi connectivity index (χ2n) is 3.92. The molecule has 1 atom stereocenters. The molecule has 0 aromatic heterocycles. The molecule has 18 heavy (non-hydrogen) atoms. The lowest BCUT2D eigenvalue weighted by Crippen LogP contribution is -1.96. The first-order valence-electron chi connectivity index (χ1n) is 5.66. The Balaban J connectivity index is 2.38. The van der Waals surface area contributed by atoms with E-state index in [4.69, 9.17) is 10.00 Å². The zero-order chi connectivity index (χ0) is 13.0. The normalized spacial score (nSPS) is 11.6. The maximum absolute atomic E-state index is 9.66. The van der Waals surface area contributed by atoms with Gasteiger partial charge in [0.2, 0.25) is 0 Å². The van der Waals surface area contributed by atoms with Crippen molar-refractivity contribution in [2.24, 2.45) is 0 Å². The van der Waals surface area contributed by atoms with Crippen molar-refractivity contribution in [3.05, 3.63) is 59.7 Å². The standard InChI is InChI=1S/C15H13NO2/c1-11(17)13-7-3-5-9-15(13)18-14-8-4-2-6-12(14)10-16/h2-9,11,17H,1H3. The van der Waals surface area contributed by atoms with Gasteiger partial charge in [0.05, 0.1) is 11.7 Å². The predicted octanol–water partition coefficient (Wildman–Crippen LogP) is 3.40. The molecule has 0 heterocycles. The van der Waals surface area contributed by atoms with Gasteiger partial charge in [-0.3, -0.25) is 0 Å². The van der Waals surface area contributed by atoms with Crippen LogP contribution in [0.15, 0.2) is 48.5 Å². The lowest BCUT2D eigenvalue weighted by atomic mass is 10.1. The van der Waals surface area contributed by atoms with E-state index in [-0.39, 0.29) is 0 Å². The Hall–Kier alpha value is -2.31. The molecule has 1 N–H and O–H groups in total. The fourth-order valence-electron chi connectivity index (χ4n) is 1.69. The highest BCUT2D eigenvalue weighted by Crippen LogP contribution is 2.30. The Morgan fingerprint density at radius 3 is 2.33 bits per heavy atom. The number of nitriles is 1. The van der Waals surface area contributed by atoms with E-state index in [1.807, 2.05) is 12.1 Å². The number of rotatable bonds is 3. The predicted molar refractivity (Wildman–Crippen MR) is 68.3 cm³/mol. The minimum Gasteiger partial charge on any atom is -0.456 e.